The third-order valence-electron chi connectivity index (χ3n) is 2.19. The Morgan fingerprint density at radius 2 is 2.20 bits per heavy atom. The molecule has 2 aromatic heterocycles. The molecule has 0 aliphatic carbocycles. The van der Waals surface area contributed by atoms with Crippen LogP contribution in [-0.2, 0) is 0 Å². The van der Waals surface area contributed by atoms with Crippen LogP contribution in [0.25, 0.3) is 5.65 Å². The van der Waals surface area contributed by atoms with Crippen molar-refractivity contribution in [1.29, 1.82) is 0 Å². The molecule has 0 spiro atoms. The van der Waals surface area contributed by atoms with Gasteiger partial charge in [0.2, 0.25) is 5.65 Å². The Morgan fingerprint density at radius 3 is 2.80 bits per heavy atom. The van der Waals surface area contributed by atoms with Crippen LogP contribution in [0.4, 0.5) is 5.69 Å². The summed E-state index contributed by atoms with van der Waals surface area (Å²) in [5.74, 6) is 2.23. The van der Waals surface area contributed by atoms with Gasteiger partial charge in [0, 0.05) is 5.92 Å². The average molecular weight is 225 g/mol. The van der Waals surface area contributed by atoms with Crippen molar-refractivity contribution in [2.45, 2.75) is 31.7 Å². The van der Waals surface area contributed by atoms with Crippen LogP contribution in [0, 0.1) is 0 Å². The summed E-state index contributed by atoms with van der Waals surface area (Å²) in [6, 6.07) is 0. The fraction of sp³-hybridized carbons (Fsp3) is 0.556. The molecule has 0 fully saturated rings. The molecule has 0 aromatic carbocycles. The number of anilines is 1. The molecule has 3 N–H and O–H groups in total. The predicted molar refractivity (Wildman–Crippen MR) is 62.2 cm³/mol. The third kappa shape index (κ3) is 1.58. The maximum atomic E-state index is 5.96. The minimum absolute atomic E-state index is 0.331. The normalized spacial score (nSPS) is 11.7. The standard InChI is InChI=1S/C9H15N5S/c1-4-15-9-6(10)8-12-11-7(5(2)3)14(8)13-9/h5,13H,4,10H2,1-3H3. The number of nitrogens with zero attached hydrogens (tertiary/aromatic N) is 3. The van der Waals surface area contributed by atoms with Gasteiger partial charge in [0.1, 0.15) is 10.7 Å². The molecule has 0 unspecified atom stereocenters. The maximum absolute atomic E-state index is 5.96. The lowest BCUT2D eigenvalue weighted by atomic mass is 10.2. The highest BCUT2D eigenvalue weighted by Crippen LogP contribution is 2.28. The number of hydrogen-bond donors (Lipinski definition) is 2. The van der Waals surface area contributed by atoms with Gasteiger partial charge in [-0.3, -0.25) is 5.10 Å². The summed E-state index contributed by atoms with van der Waals surface area (Å²) < 4.78 is 1.87. The highest BCUT2D eigenvalue weighted by Gasteiger charge is 2.16. The van der Waals surface area contributed by atoms with Crippen molar-refractivity contribution in [2.75, 3.05) is 11.5 Å². The molecule has 0 aliphatic heterocycles. The predicted octanol–water partition coefficient (Wildman–Crippen LogP) is 1.88. The second kappa shape index (κ2) is 3.77. The second-order valence-electron chi connectivity index (χ2n) is 3.66. The quantitative estimate of drug-likeness (QED) is 0.782. The van der Waals surface area contributed by atoms with Crippen molar-refractivity contribution in [3.8, 4) is 0 Å². The zero-order valence-corrected chi connectivity index (χ0v) is 9.93. The molecule has 5 nitrogen and oxygen atoms in total. The van der Waals surface area contributed by atoms with E-state index in [0.29, 0.717) is 11.6 Å². The fourth-order valence-corrected chi connectivity index (χ4v) is 2.16. The van der Waals surface area contributed by atoms with E-state index >= 15 is 0 Å². The van der Waals surface area contributed by atoms with E-state index in [1.54, 1.807) is 11.8 Å². The number of nitrogen functional groups attached to an aromatic ring is 1. The van der Waals surface area contributed by atoms with Crippen LogP contribution in [0.2, 0.25) is 0 Å². The number of hydrogen-bond acceptors (Lipinski definition) is 4. The number of nitrogens with one attached hydrogen (secondary N) is 1. The van der Waals surface area contributed by atoms with E-state index in [1.807, 2.05) is 4.52 Å². The van der Waals surface area contributed by atoms with E-state index in [1.165, 1.54) is 0 Å². The topological polar surface area (TPSA) is 72.0 Å². The number of fused-ring (bicyclic) bond motifs is 1. The van der Waals surface area contributed by atoms with Gasteiger partial charge in [-0.25, -0.2) is 4.52 Å². The van der Waals surface area contributed by atoms with Crippen LogP contribution >= 0.6 is 11.8 Å². The third-order valence-corrected chi connectivity index (χ3v) is 3.08. The van der Waals surface area contributed by atoms with Gasteiger partial charge in [-0.05, 0) is 5.75 Å². The minimum atomic E-state index is 0.331. The lowest BCUT2D eigenvalue weighted by Crippen LogP contribution is -1.97. The number of thioether (sulfide) groups is 1. The Balaban J connectivity index is 2.56. The van der Waals surface area contributed by atoms with Gasteiger partial charge < -0.3 is 5.73 Å². The highest BCUT2D eigenvalue weighted by molar-refractivity contribution is 7.99. The molecule has 2 aromatic rings. The van der Waals surface area contributed by atoms with Gasteiger partial charge >= 0.3 is 0 Å². The molecule has 2 heterocycles. The number of nitrogens with two attached hydrogens (primary N) is 1. The first-order valence-corrected chi connectivity index (χ1v) is 5.99. The highest BCUT2D eigenvalue weighted by atomic mass is 32.2. The second-order valence-corrected chi connectivity index (χ2v) is 4.93. The van der Waals surface area contributed by atoms with Gasteiger partial charge in [0.15, 0.2) is 5.82 Å². The molecule has 0 bridgehead atoms. The molecule has 0 radical (unpaired) electrons. The summed E-state index contributed by atoms with van der Waals surface area (Å²) in [4.78, 5) is 0. The fourth-order valence-electron chi connectivity index (χ4n) is 1.47. The Hall–Kier alpha value is -1.17. The zero-order valence-electron chi connectivity index (χ0n) is 9.11. The molecule has 0 saturated carbocycles. The van der Waals surface area contributed by atoms with Crippen molar-refractivity contribution < 1.29 is 0 Å². The summed E-state index contributed by atoms with van der Waals surface area (Å²) in [5.41, 5.74) is 7.39. The van der Waals surface area contributed by atoms with Gasteiger partial charge in [0.25, 0.3) is 0 Å². The molecule has 0 atom stereocenters. The summed E-state index contributed by atoms with van der Waals surface area (Å²) in [7, 11) is 0. The molecule has 0 saturated heterocycles. The number of aromatic nitrogens is 4. The Morgan fingerprint density at radius 1 is 1.47 bits per heavy atom. The summed E-state index contributed by atoms with van der Waals surface area (Å²) >= 11 is 1.68. The summed E-state index contributed by atoms with van der Waals surface area (Å²) in [6.07, 6.45) is 0. The van der Waals surface area contributed by atoms with Crippen LogP contribution in [0.3, 0.4) is 0 Å². The summed E-state index contributed by atoms with van der Waals surface area (Å²) in [5, 5.41) is 12.4. The molecule has 15 heavy (non-hydrogen) atoms. The first-order chi connectivity index (χ1) is 7.15. The van der Waals surface area contributed by atoms with Crippen LogP contribution in [0.15, 0.2) is 5.03 Å². The van der Waals surface area contributed by atoms with Gasteiger partial charge in [0.05, 0.1) is 0 Å². The van der Waals surface area contributed by atoms with E-state index < -0.39 is 0 Å². The van der Waals surface area contributed by atoms with Crippen molar-refractivity contribution in [3.05, 3.63) is 5.82 Å². The molecule has 0 aliphatic rings. The van der Waals surface area contributed by atoms with Crippen molar-refractivity contribution >= 4 is 23.1 Å². The Kier molecular flexibility index (Phi) is 2.60. The molecule has 2 rings (SSSR count). The molecule has 82 valence electrons. The Bertz CT molecular complexity index is 470. The summed E-state index contributed by atoms with van der Waals surface area (Å²) in [6.45, 7) is 6.26. The van der Waals surface area contributed by atoms with Gasteiger partial charge in [-0.15, -0.1) is 22.0 Å². The van der Waals surface area contributed by atoms with Gasteiger partial charge in [-0.2, -0.15) is 0 Å². The van der Waals surface area contributed by atoms with Crippen LogP contribution in [0.1, 0.15) is 32.5 Å². The Labute approximate surface area is 92.4 Å². The van der Waals surface area contributed by atoms with Gasteiger partial charge in [-0.1, -0.05) is 20.8 Å². The van der Waals surface area contributed by atoms with E-state index in [0.717, 1.165) is 22.3 Å². The first-order valence-electron chi connectivity index (χ1n) is 5.00. The number of rotatable bonds is 3. The van der Waals surface area contributed by atoms with Crippen molar-refractivity contribution in [3.63, 3.8) is 0 Å². The first kappa shape index (κ1) is 10.4. The van der Waals surface area contributed by atoms with Crippen LogP contribution < -0.4 is 5.73 Å². The number of H-pyrrole nitrogens is 1. The van der Waals surface area contributed by atoms with E-state index in [9.17, 15) is 0 Å². The smallest absolute Gasteiger partial charge is 0.201 e. The SMILES string of the molecule is CCSc1[nH]n2c(C(C)C)nnc2c1N. The maximum Gasteiger partial charge on any atom is 0.201 e. The minimum Gasteiger partial charge on any atom is -0.393 e. The van der Waals surface area contributed by atoms with Crippen LogP contribution in [-0.4, -0.2) is 25.6 Å². The molecular formula is C9H15N5S. The molecule has 6 heteroatoms. The number of aromatic amines is 1. The monoisotopic (exact) mass is 225 g/mol. The molecule has 0 amide bonds. The lowest BCUT2D eigenvalue weighted by molar-refractivity contribution is 0.714. The van der Waals surface area contributed by atoms with E-state index in [2.05, 4.69) is 36.1 Å². The van der Waals surface area contributed by atoms with Crippen molar-refractivity contribution in [1.82, 2.24) is 19.8 Å². The zero-order chi connectivity index (χ0) is 11.0. The largest absolute Gasteiger partial charge is 0.393 e. The van der Waals surface area contributed by atoms with Crippen molar-refractivity contribution in [2.24, 2.45) is 0 Å². The average Bonchev–Trinajstić information content (AvgIpc) is 2.69. The van der Waals surface area contributed by atoms with E-state index in [-0.39, 0.29) is 0 Å². The lowest BCUT2D eigenvalue weighted by Gasteiger charge is -1.99. The molecular weight excluding hydrogens is 210 g/mol. The van der Waals surface area contributed by atoms with E-state index in [4.69, 9.17) is 5.73 Å². The van der Waals surface area contributed by atoms with Crippen LogP contribution in [0.5, 0.6) is 0 Å².